The quantitative estimate of drug-likeness (QED) is 0.807. The van der Waals surface area contributed by atoms with Crippen molar-refractivity contribution in [2.24, 2.45) is 11.8 Å². The lowest BCUT2D eigenvalue weighted by Gasteiger charge is -2.20. The number of hydrogen-bond donors (Lipinski definition) is 0. The second kappa shape index (κ2) is 5.17. The molecule has 0 saturated heterocycles. The Hall–Kier alpha value is -1.42. The third-order valence-corrected chi connectivity index (χ3v) is 4.85. The highest BCUT2D eigenvalue weighted by molar-refractivity contribution is 7.09. The maximum atomic E-state index is 4.78. The highest BCUT2D eigenvalue weighted by Crippen LogP contribution is 2.36. The highest BCUT2D eigenvalue weighted by atomic mass is 32.1. The molecule has 2 saturated carbocycles. The lowest BCUT2D eigenvalue weighted by atomic mass is 10.2. The van der Waals surface area contributed by atoms with Gasteiger partial charge in [0, 0.05) is 30.2 Å². The Bertz CT molecular complexity index is 558. The molecule has 4 rings (SSSR count). The Morgan fingerprint density at radius 1 is 1.00 bits per heavy atom. The van der Waals surface area contributed by atoms with Gasteiger partial charge in [-0.15, -0.1) is 0 Å². The maximum absolute atomic E-state index is 4.78. The fraction of sp³-hybridized carbons (Fsp3) is 0.500. The van der Waals surface area contributed by atoms with E-state index in [0.29, 0.717) is 0 Å². The monoisotopic (exact) mass is 285 g/mol. The molecule has 1 heterocycles. The summed E-state index contributed by atoms with van der Waals surface area (Å²) in [6, 6.07) is 10.3. The van der Waals surface area contributed by atoms with E-state index < -0.39 is 0 Å². The fourth-order valence-electron chi connectivity index (χ4n) is 2.50. The van der Waals surface area contributed by atoms with Gasteiger partial charge in [-0.1, -0.05) is 30.3 Å². The van der Waals surface area contributed by atoms with Crippen molar-refractivity contribution in [1.29, 1.82) is 0 Å². The molecule has 2 aliphatic carbocycles. The number of benzene rings is 1. The number of rotatable bonds is 6. The maximum Gasteiger partial charge on any atom is 0.205 e. The van der Waals surface area contributed by atoms with Crippen molar-refractivity contribution in [3.63, 3.8) is 0 Å². The zero-order valence-electron chi connectivity index (χ0n) is 11.5. The molecular weight excluding hydrogens is 266 g/mol. The van der Waals surface area contributed by atoms with Crippen LogP contribution < -0.4 is 4.90 Å². The van der Waals surface area contributed by atoms with Gasteiger partial charge in [0.05, 0.1) is 0 Å². The molecule has 1 aromatic carbocycles. The molecule has 4 heteroatoms. The van der Waals surface area contributed by atoms with E-state index in [1.807, 2.05) is 18.2 Å². The molecule has 3 nitrogen and oxygen atoms in total. The summed E-state index contributed by atoms with van der Waals surface area (Å²) in [7, 11) is 0. The Morgan fingerprint density at radius 2 is 1.65 bits per heavy atom. The summed E-state index contributed by atoms with van der Waals surface area (Å²) in [5, 5.41) is 1.11. The van der Waals surface area contributed by atoms with Gasteiger partial charge in [-0.25, -0.2) is 0 Å². The molecular formula is C16H19N3S. The van der Waals surface area contributed by atoms with E-state index in [-0.39, 0.29) is 0 Å². The van der Waals surface area contributed by atoms with E-state index in [0.717, 1.165) is 28.4 Å². The van der Waals surface area contributed by atoms with Crippen molar-refractivity contribution in [3.05, 3.63) is 30.3 Å². The topological polar surface area (TPSA) is 29.0 Å². The minimum atomic E-state index is 0.877. The van der Waals surface area contributed by atoms with E-state index in [1.165, 1.54) is 38.8 Å². The summed E-state index contributed by atoms with van der Waals surface area (Å²) < 4.78 is 4.55. The smallest absolute Gasteiger partial charge is 0.205 e. The normalized spacial score (nSPS) is 18.2. The molecule has 0 atom stereocenters. The summed E-state index contributed by atoms with van der Waals surface area (Å²) in [5.74, 6) is 2.68. The van der Waals surface area contributed by atoms with Gasteiger partial charge in [0.15, 0.2) is 5.82 Å². The third-order valence-electron chi connectivity index (χ3n) is 4.07. The Morgan fingerprint density at radius 3 is 2.25 bits per heavy atom. The average molecular weight is 285 g/mol. The van der Waals surface area contributed by atoms with Gasteiger partial charge < -0.3 is 4.90 Å². The molecule has 0 aliphatic heterocycles. The molecule has 0 spiro atoms. The van der Waals surface area contributed by atoms with Crippen LogP contribution in [0.4, 0.5) is 5.13 Å². The van der Waals surface area contributed by atoms with Crippen LogP contribution in [-0.2, 0) is 0 Å². The van der Waals surface area contributed by atoms with Gasteiger partial charge in [0.2, 0.25) is 5.13 Å². The van der Waals surface area contributed by atoms with Crippen molar-refractivity contribution < 1.29 is 0 Å². The molecule has 0 amide bonds. The first kappa shape index (κ1) is 12.3. The van der Waals surface area contributed by atoms with Crippen LogP contribution in [0.1, 0.15) is 25.7 Å². The van der Waals surface area contributed by atoms with Crippen LogP contribution in [0, 0.1) is 11.8 Å². The molecule has 0 radical (unpaired) electrons. The number of aromatic nitrogens is 2. The minimum Gasteiger partial charge on any atom is -0.346 e. The van der Waals surface area contributed by atoms with E-state index >= 15 is 0 Å². The van der Waals surface area contributed by atoms with Gasteiger partial charge in [-0.3, -0.25) is 0 Å². The first-order chi connectivity index (χ1) is 9.88. The zero-order chi connectivity index (χ0) is 13.4. The molecule has 0 bridgehead atoms. The standard InChI is InChI=1S/C16H19N3S/c1-2-4-14(5-3-1)15-17-16(20-18-15)19(10-12-6-7-12)11-13-8-9-13/h1-5,12-13H,6-11H2. The molecule has 1 aromatic heterocycles. The largest absolute Gasteiger partial charge is 0.346 e. The number of hydrogen-bond acceptors (Lipinski definition) is 4. The SMILES string of the molecule is c1ccc(-c2nsc(N(CC3CC3)CC3CC3)n2)cc1. The van der Waals surface area contributed by atoms with E-state index in [2.05, 4.69) is 21.4 Å². The van der Waals surface area contributed by atoms with Crippen LogP contribution >= 0.6 is 11.5 Å². The van der Waals surface area contributed by atoms with Gasteiger partial charge in [0.25, 0.3) is 0 Å². The summed E-state index contributed by atoms with van der Waals surface area (Å²) in [5.41, 5.74) is 1.12. The summed E-state index contributed by atoms with van der Waals surface area (Å²) in [4.78, 5) is 7.26. The lowest BCUT2D eigenvalue weighted by molar-refractivity contribution is 0.677. The highest BCUT2D eigenvalue weighted by Gasteiger charge is 2.30. The minimum absolute atomic E-state index is 0.877. The van der Waals surface area contributed by atoms with Crippen LogP contribution in [0.3, 0.4) is 0 Å². The van der Waals surface area contributed by atoms with Crippen LogP contribution in [0.15, 0.2) is 30.3 Å². The summed E-state index contributed by atoms with van der Waals surface area (Å²) >= 11 is 1.56. The number of nitrogens with zero attached hydrogens (tertiary/aromatic N) is 3. The van der Waals surface area contributed by atoms with Gasteiger partial charge >= 0.3 is 0 Å². The average Bonchev–Trinajstić information content (AvgIpc) is 3.41. The molecule has 0 unspecified atom stereocenters. The molecule has 2 fully saturated rings. The summed E-state index contributed by atoms with van der Waals surface area (Å²) in [6.07, 6.45) is 5.58. The molecule has 104 valence electrons. The van der Waals surface area contributed by atoms with E-state index in [1.54, 1.807) is 11.5 Å². The van der Waals surface area contributed by atoms with Gasteiger partial charge in [0.1, 0.15) is 0 Å². The molecule has 0 N–H and O–H groups in total. The second-order valence-electron chi connectivity index (χ2n) is 6.06. The van der Waals surface area contributed by atoms with Crippen molar-refractivity contribution >= 4 is 16.7 Å². The first-order valence-corrected chi connectivity index (χ1v) is 8.30. The van der Waals surface area contributed by atoms with Gasteiger partial charge in [-0.05, 0) is 37.5 Å². The van der Waals surface area contributed by atoms with Crippen molar-refractivity contribution in [3.8, 4) is 11.4 Å². The molecule has 2 aromatic rings. The molecule has 2 aliphatic rings. The predicted octanol–water partition coefficient (Wildman–Crippen LogP) is 3.83. The Kier molecular flexibility index (Phi) is 3.19. The van der Waals surface area contributed by atoms with Crippen LogP contribution in [0.5, 0.6) is 0 Å². The molecule has 20 heavy (non-hydrogen) atoms. The van der Waals surface area contributed by atoms with Crippen molar-refractivity contribution in [1.82, 2.24) is 9.36 Å². The van der Waals surface area contributed by atoms with Gasteiger partial charge in [-0.2, -0.15) is 9.36 Å². The van der Waals surface area contributed by atoms with E-state index in [4.69, 9.17) is 4.98 Å². The fourth-order valence-corrected chi connectivity index (χ4v) is 3.21. The van der Waals surface area contributed by atoms with Crippen LogP contribution in [-0.4, -0.2) is 22.4 Å². The Balaban J connectivity index is 1.54. The van der Waals surface area contributed by atoms with Crippen LogP contribution in [0.25, 0.3) is 11.4 Å². The van der Waals surface area contributed by atoms with Crippen molar-refractivity contribution in [2.75, 3.05) is 18.0 Å². The summed E-state index contributed by atoms with van der Waals surface area (Å²) in [6.45, 7) is 2.36. The third kappa shape index (κ3) is 2.85. The predicted molar refractivity (Wildman–Crippen MR) is 83.0 cm³/mol. The Labute approximate surface area is 123 Å². The second-order valence-corrected chi connectivity index (χ2v) is 6.79. The number of anilines is 1. The van der Waals surface area contributed by atoms with Crippen LogP contribution in [0.2, 0.25) is 0 Å². The van der Waals surface area contributed by atoms with E-state index in [9.17, 15) is 0 Å². The first-order valence-electron chi connectivity index (χ1n) is 7.52. The zero-order valence-corrected chi connectivity index (χ0v) is 12.4. The lowest BCUT2D eigenvalue weighted by Crippen LogP contribution is -2.27. The van der Waals surface area contributed by atoms with Crippen molar-refractivity contribution in [2.45, 2.75) is 25.7 Å².